The summed E-state index contributed by atoms with van der Waals surface area (Å²) in [5.74, 6) is 0.131. The van der Waals surface area contributed by atoms with Crippen molar-refractivity contribution in [2.24, 2.45) is 0 Å². The Morgan fingerprint density at radius 3 is 3.11 bits per heavy atom. The normalized spacial score (nSPS) is 20.3. The van der Waals surface area contributed by atoms with Gasteiger partial charge in [0, 0.05) is 48.3 Å². The molecule has 1 atom stereocenters. The Kier molecular flexibility index (Phi) is 2.80. The molecule has 0 aliphatic carbocycles. The number of benzene rings is 1. The molecule has 1 aliphatic rings. The third kappa shape index (κ3) is 1.99. The van der Waals surface area contributed by atoms with Gasteiger partial charge in [-0.25, -0.2) is 0 Å². The first-order chi connectivity index (χ1) is 8.74. The van der Waals surface area contributed by atoms with Crippen molar-refractivity contribution in [3.8, 4) is 0 Å². The number of aromatic nitrogens is 1. The lowest BCUT2D eigenvalue weighted by molar-refractivity contribution is 0.0709. The van der Waals surface area contributed by atoms with E-state index in [1.165, 1.54) is 0 Å². The summed E-state index contributed by atoms with van der Waals surface area (Å²) < 4.78 is 0. The molecular weight excluding hydrogens is 226 g/mol. The minimum Gasteiger partial charge on any atom is -0.361 e. The number of piperazine rings is 1. The lowest BCUT2D eigenvalue weighted by Crippen LogP contribution is -2.51. The highest BCUT2D eigenvalue weighted by Gasteiger charge is 2.21. The van der Waals surface area contributed by atoms with Crippen LogP contribution in [0.1, 0.15) is 17.3 Å². The first kappa shape index (κ1) is 11.3. The fourth-order valence-corrected chi connectivity index (χ4v) is 2.49. The van der Waals surface area contributed by atoms with Crippen LogP contribution in [-0.4, -0.2) is 41.5 Å². The second-order valence-electron chi connectivity index (χ2n) is 4.89. The minimum atomic E-state index is 0.131. The maximum absolute atomic E-state index is 12.4. The number of hydrogen-bond acceptors (Lipinski definition) is 2. The third-order valence-corrected chi connectivity index (χ3v) is 3.46. The van der Waals surface area contributed by atoms with Crippen molar-refractivity contribution in [3.63, 3.8) is 0 Å². The largest absolute Gasteiger partial charge is 0.361 e. The molecule has 4 nitrogen and oxygen atoms in total. The molecule has 1 saturated heterocycles. The number of carbonyl (C=O) groups is 1. The van der Waals surface area contributed by atoms with Gasteiger partial charge in [-0.3, -0.25) is 4.79 Å². The van der Waals surface area contributed by atoms with Gasteiger partial charge in [-0.05, 0) is 31.2 Å². The van der Waals surface area contributed by atoms with Gasteiger partial charge in [0.05, 0.1) is 0 Å². The maximum atomic E-state index is 12.4. The number of nitrogens with one attached hydrogen (secondary N) is 2. The lowest BCUT2D eigenvalue weighted by Gasteiger charge is -2.32. The molecule has 1 fully saturated rings. The average molecular weight is 243 g/mol. The molecule has 94 valence electrons. The summed E-state index contributed by atoms with van der Waals surface area (Å²) >= 11 is 0. The van der Waals surface area contributed by atoms with Crippen LogP contribution in [0.3, 0.4) is 0 Å². The minimum absolute atomic E-state index is 0.131. The average Bonchev–Trinajstić information content (AvgIpc) is 2.85. The van der Waals surface area contributed by atoms with Gasteiger partial charge in [-0.15, -0.1) is 0 Å². The Balaban J connectivity index is 1.86. The highest BCUT2D eigenvalue weighted by Crippen LogP contribution is 2.16. The van der Waals surface area contributed by atoms with Crippen molar-refractivity contribution >= 4 is 16.8 Å². The standard InChI is InChI=1S/C14H17N3O/c1-10-9-17(7-6-15-10)14(18)12-2-3-13-11(8-12)4-5-16-13/h2-5,8,10,15-16H,6-7,9H2,1H3. The topological polar surface area (TPSA) is 48.1 Å². The van der Waals surface area contributed by atoms with Crippen molar-refractivity contribution in [1.82, 2.24) is 15.2 Å². The molecule has 0 spiro atoms. The van der Waals surface area contributed by atoms with E-state index < -0.39 is 0 Å². The Morgan fingerprint density at radius 2 is 2.28 bits per heavy atom. The highest BCUT2D eigenvalue weighted by atomic mass is 16.2. The second kappa shape index (κ2) is 4.46. The molecule has 0 saturated carbocycles. The molecule has 1 amide bonds. The van der Waals surface area contributed by atoms with E-state index in [9.17, 15) is 4.79 Å². The van der Waals surface area contributed by atoms with Crippen molar-refractivity contribution in [2.45, 2.75) is 13.0 Å². The summed E-state index contributed by atoms with van der Waals surface area (Å²) in [6, 6.07) is 8.19. The Hall–Kier alpha value is -1.81. The molecule has 0 bridgehead atoms. The van der Waals surface area contributed by atoms with Crippen molar-refractivity contribution in [3.05, 3.63) is 36.0 Å². The van der Waals surface area contributed by atoms with Crippen LogP contribution in [0.2, 0.25) is 0 Å². The molecule has 2 heterocycles. The summed E-state index contributed by atoms with van der Waals surface area (Å²) in [5, 5.41) is 4.43. The number of nitrogens with zero attached hydrogens (tertiary/aromatic N) is 1. The van der Waals surface area contributed by atoms with Gasteiger partial charge >= 0.3 is 0 Å². The van der Waals surface area contributed by atoms with Gasteiger partial charge in [-0.2, -0.15) is 0 Å². The van der Waals surface area contributed by atoms with Gasteiger partial charge in [-0.1, -0.05) is 0 Å². The van der Waals surface area contributed by atoms with Crippen LogP contribution in [0.25, 0.3) is 10.9 Å². The van der Waals surface area contributed by atoms with Crippen LogP contribution in [0, 0.1) is 0 Å². The zero-order valence-electron chi connectivity index (χ0n) is 10.4. The van der Waals surface area contributed by atoms with Crippen LogP contribution in [0.5, 0.6) is 0 Å². The molecule has 4 heteroatoms. The van der Waals surface area contributed by atoms with Crippen LogP contribution >= 0.6 is 0 Å². The summed E-state index contributed by atoms with van der Waals surface area (Å²) in [6.07, 6.45) is 1.89. The Morgan fingerprint density at radius 1 is 1.39 bits per heavy atom. The number of H-pyrrole nitrogens is 1. The van der Waals surface area contributed by atoms with Crippen LogP contribution < -0.4 is 5.32 Å². The zero-order chi connectivity index (χ0) is 12.5. The summed E-state index contributed by atoms with van der Waals surface area (Å²) in [7, 11) is 0. The van der Waals surface area contributed by atoms with Crippen molar-refractivity contribution in [2.75, 3.05) is 19.6 Å². The van der Waals surface area contributed by atoms with E-state index in [2.05, 4.69) is 17.2 Å². The lowest BCUT2D eigenvalue weighted by atomic mass is 10.1. The zero-order valence-corrected chi connectivity index (χ0v) is 10.4. The fourth-order valence-electron chi connectivity index (χ4n) is 2.49. The predicted octanol–water partition coefficient (Wildman–Crippen LogP) is 1.60. The van der Waals surface area contributed by atoms with E-state index >= 15 is 0 Å². The van der Waals surface area contributed by atoms with Crippen LogP contribution in [0.15, 0.2) is 30.5 Å². The molecular formula is C14H17N3O. The number of aromatic amines is 1. The maximum Gasteiger partial charge on any atom is 0.253 e. The van der Waals surface area contributed by atoms with Crippen LogP contribution in [-0.2, 0) is 0 Å². The number of hydrogen-bond donors (Lipinski definition) is 2. The highest BCUT2D eigenvalue weighted by molar-refractivity contribution is 5.98. The Bertz CT molecular complexity index is 575. The molecule has 2 N–H and O–H groups in total. The molecule has 1 aromatic heterocycles. The SMILES string of the molecule is CC1CN(C(=O)c2ccc3[nH]ccc3c2)CCN1. The predicted molar refractivity (Wildman–Crippen MR) is 71.7 cm³/mol. The number of carbonyl (C=O) groups excluding carboxylic acids is 1. The fraction of sp³-hybridized carbons (Fsp3) is 0.357. The molecule has 1 unspecified atom stereocenters. The van der Waals surface area contributed by atoms with E-state index in [0.29, 0.717) is 6.04 Å². The van der Waals surface area contributed by atoms with E-state index in [0.717, 1.165) is 36.1 Å². The van der Waals surface area contributed by atoms with E-state index in [4.69, 9.17) is 0 Å². The quantitative estimate of drug-likeness (QED) is 0.799. The number of fused-ring (bicyclic) bond motifs is 1. The van der Waals surface area contributed by atoms with Crippen LogP contribution in [0.4, 0.5) is 0 Å². The first-order valence-corrected chi connectivity index (χ1v) is 6.34. The monoisotopic (exact) mass is 243 g/mol. The third-order valence-electron chi connectivity index (χ3n) is 3.46. The molecule has 18 heavy (non-hydrogen) atoms. The van der Waals surface area contributed by atoms with Gasteiger partial charge in [0.25, 0.3) is 5.91 Å². The van der Waals surface area contributed by atoms with E-state index in [1.807, 2.05) is 35.4 Å². The van der Waals surface area contributed by atoms with Crippen molar-refractivity contribution < 1.29 is 4.79 Å². The molecule has 1 aromatic carbocycles. The van der Waals surface area contributed by atoms with Gasteiger partial charge in [0.15, 0.2) is 0 Å². The van der Waals surface area contributed by atoms with Gasteiger partial charge in [0.1, 0.15) is 0 Å². The molecule has 2 aromatic rings. The number of amides is 1. The molecule has 1 aliphatic heterocycles. The Labute approximate surface area is 106 Å². The number of rotatable bonds is 1. The first-order valence-electron chi connectivity index (χ1n) is 6.34. The summed E-state index contributed by atoms with van der Waals surface area (Å²) in [6.45, 7) is 4.55. The second-order valence-corrected chi connectivity index (χ2v) is 4.89. The molecule has 0 radical (unpaired) electrons. The van der Waals surface area contributed by atoms with E-state index in [1.54, 1.807) is 0 Å². The van der Waals surface area contributed by atoms with Gasteiger partial charge < -0.3 is 15.2 Å². The van der Waals surface area contributed by atoms with Gasteiger partial charge in [0.2, 0.25) is 0 Å². The summed E-state index contributed by atoms with van der Waals surface area (Å²) in [5.41, 5.74) is 1.84. The van der Waals surface area contributed by atoms with E-state index in [-0.39, 0.29) is 5.91 Å². The molecule has 3 rings (SSSR count). The smallest absolute Gasteiger partial charge is 0.253 e. The summed E-state index contributed by atoms with van der Waals surface area (Å²) in [4.78, 5) is 17.5. The van der Waals surface area contributed by atoms with Crippen molar-refractivity contribution in [1.29, 1.82) is 0 Å².